The number of carbonyl (C=O) groups excluding carboxylic acids is 1. The van der Waals surface area contributed by atoms with Gasteiger partial charge in [-0.15, -0.1) is 5.10 Å². The second-order valence-corrected chi connectivity index (χ2v) is 5.13. The molecule has 0 unspecified atom stereocenters. The normalized spacial score (nSPS) is 10.8. The van der Waals surface area contributed by atoms with Crippen molar-refractivity contribution in [1.82, 2.24) is 20.2 Å². The largest absolute Gasteiger partial charge is 0.494 e. The van der Waals surface area contributed by atoms with Crippen LogP contribution in [0.2, 0.25) is 0 Å². The summed E-state index contributed by atoms with van der Waals surface area (Å²) >= 11 is 0. The number of amides is 1. The fraction of sp³-hybridized carbons (Fsp3) is 0.111. The highest BCUT2D eigenvalue weighted by molar-refractivity contribution is 6.02. The van der Waals surface area contributed by atoms with Gasteiger partial charge in [-0.3, -0.25) is 4.79 Å². The number of ether oxygens (including phenoxy) is 1. The standard InChI is InChI=1S/C18H17N5O2/c1-2-25-17-9-6-14(7-10-17)8-11-18(24)20-15-4-3-5-16(12-15)23-13-19-21-22-23/h3-13H,2H2,1H3,(H,20,24)/b11-8+. The fourth-order valence-electron chi connectivity index (χ4n) is 2.20. The predicted molar refractivity (Wildman–Crippen MR) is 94.4 cm³/mol. The van der Waals surface area contributed by atoms with Crippen LogP contribution >= 0.6 is 0 Å². The Morgan fingerprint density at radius 3 is 2.80 bits per heavy atom. The lowest BCUT2D eigenvalue weighted by atomic mass is 10.2. The van der Waals surface area contributed by atoms with Crippen LogP contribution in [0, 0.1) is 0 Å². The summed E-state index contributed by atoms with van der Waals surface area (Å²) < 4.78 is 6.91. The molecule has 3 rings (SSSR count). The average Bonchev–Trinajstić information content (AvgIpc) is 3.16. The van der Waals surface area contributed by atoms with Gasteiger partial charge in [0.2, 0.25) is 5.91 Å². The van der Waals surface area contributed by atoms with E-state index < -0.39 is 0 Å². The Kier molecular flexibility index (Phi) is 5.16. The third-order valence-electron chi connectivity index (χ3n) is 3.35. The van der Waals surface area contributed by atoms with Crippen LogP contribution in [0.15, 0.2) is 60.9 Å². The number of carbonyl (C=O) groups is 1. The summed E-state index contributed by atoms with van der Waals surface area (Å²) in [6, 6.07) is 14.8. The minimum atomic E-state index is -0.220. The number of hydrogen-bond acceptors (Lipinski definition) is 5. The van der Waals surface area contributed by atoms with Crippen LogP contribution in [-0.2, 0) is 4.79 Å². The number of hydrogen-bond donors (Lipinski definition) is 1. The molecule has 0 aliphatic rings. The molecule has 0 saturated carbocycles. The summed E-state index contributed by atoms with van der Waals surface area (Å²) in [7, 11) is 0. The van der Waals surface area contributed by atoms with Gasteiger partial charge in [0.15, 0.2) is 0 Å². The Morgan fingerprint density at radius 2 is 2.08 bits per heavy atom. The van der Waals surface area contributed by atoms with Crippen LogP contribution in [-0.4, -0.2) is 32.7 Å². The van der Waals surface area contributed by atoms with E-state index in [-0.39, 0.29) is 5.91 Å². The lowest BCUT2D eigenvalue weighted by Crippen LogP contribution is -2.08. The minimum absolute atomic E-state index is 0.220. The van der Waals surface area contributed by atoms with Gasteiger partial charge in [-0.25, -0.2) is 4.68 Å². The predicted octanol–water partition coefficient (Wildman–Crippen LogP) is 2.71. The number of rotatable bonds is 6. The molecule has 7 nitrogen and oxygen atoms in total. The Balaban J connectivity index is 1.63. The van der Waals surface area contributed by atoms with Gasteiger partial charge in [0.25, 0.3) is 0 Å². The minimum Gasteiger partial charge on any atom is -0.494 e. The van der Waals surface area contributed by atoms with Crippen molar-refractivity contribution in [3.8, 4) is 11.4 Å². The quantitative estimate of drug-likeness (QED) is 0.700. The van der Waals surface area contributed by atoms with Crippen LogP contribution in [0.1, 0.15) is 12.5 Å². The van der Waals surface area contributed by atoms with Crippen LogP contribution in [0.5, 0.6) is 5.75 Å². The zero-order valence-electron chi connectivity index (χ0n) is 13.7. The number of anilines is 1. The molecule has 0 saturated heterocycles. The van der Waals surface area contributed by atoms with E-state index in [0.717, 1.165) is 17.0 Å². The van der Waals surface area contributed by atoms with E-state index in [0.29, 0.717) is 12.3 Å². The van der Waals surface area contributed by atoms with Gasteiger partial charge in [-0.1, -0.05) is 18.2 Å². The van der Waals surface area contributed by atoms with Crippen molar-refractivity contribution in [2.45, 2.75) is 6.92 Å². The molecule has 1 N–H and O–H groups in total. The van der Waals surface area contributed by atoms with Crippen molar-refractivity contribution in [3.63, 3.8) is 0 Å². The van der Waals surface area contributed by atoms with Crippen LogP contribution < -0.4 is 10.1 Å². The van der Waals surface area contributed by atoms with Gasteiger partial charge < -0.3 is 10.1 Å². The van der Waals surface area contributed by atoms with Crippen molar-refractivity contribution in [2.24, 2.45) is 0 Å². The third-order valence-corrected chi connectivity index (χ3v) is 3.35. The molecular weight excluding hydrogens is 318 g/mol. The summed E-state index contributed by atoms with van der Waals surface area (Å²) in [5.74, 6) is 0.589. The molecule has 0 atom stereocenters. The van der Waals surface area contributed by atoms with E-state index in [4.69, 9.17) is 4.74 Å². The van der Waals surface area contributed by atoms with Crippen molar-refractivity contribution >= 4 is 17.7 Å². The van der Waals surface area contributed by atoms with Crippen LogP contribution in [0.4, 0.5) is 5.69 Å². The molecular formula is C18H17N5O2. The lowest BCUT2D eigenvalue weighted by Gasteiger charge is -2.05. The first-order valence-electron chi connectivity index (χ1n) is 7.80. The topological polar surface area (TPSA) is 81.9 Å². The Labute approximate surface area is 144 Å². The SMILES string of the molecule is CCOc1ccc(/C=C/C(=O)Nc2cccc(-n3cnnn3)c2)cc1. The molecule has 0 aliphatic carbocycles. The summed E-state index contributed by atoms with van der Waals surface area (Å²) in [5.41, 5.74) is 2.34. The van der Waals surface area contributed by atoms with E-state index in [1.807, 2.05) is 43.3 Å². The second kappa shape index (κ2) is 7.87. The smallest absolute Gasteiger partial charge is 0.248 e. The zero-order chi connectivity index (χ0) is 17.5. The molecule has 0 radical (unpaired) electrons. The van der Waals surface area contributed by atoms with Crippen molar-refractivity contribution in [3.05, 3.63) is 66.5 Å². The van der Waals surface area contributed by atoms with Gasteiger partial charge in [-0.05, 0) is 59.3 Å². The molecule has 2 aromatic carbocycles. The summed E-state index contributed by atoms with van der Waals surface area (Å²) in [6.07, 6.45) is 4.72. The molecule has 3 aromatic rings. The summed E-state index contributed by atoms with van der Waals surface area (Å²) in [5, 5.41) is 13.8. The number of nitrogens with one attached hydrogen (secondary N) is 1. The van der Waals surface area contributed by atoms with Gasteiger partial charge in [0, 0.05) is 11.8 Å². The van der Waals surface area contributed by atoms with E-state index in [9.17, 15) is 4.79 Å². The maximum absolute atomic E-state index is 12.1. The van der Waals surface area contributed by atoms with Gasteiger partial charge in [-0.2, -0.15) is 0 Å². The van der Waals surface area contributed by atoms with E-state index in [2.05, 4.69) is 20.8 Å². The van der Waals surface area contributed by atoms with Gasteiger partial charge in [0.05, 0.1) is 12.3 Å². The Bertz CT molecular complexity index is 857. The zero-order valence-corrected chi connectivity index (χ0v) is 13.7. The molecule has 1 heterocycles. The Hall–Kier alpha value is -3.48. The van der Waals surface area contributed by atoms with Gasteiger partial charge >= 0.3 is 0 Å². The molecule has 25 heavy (non-hydrogen) atoms. The number of aromatic nitrogens is 4. The molecule has 0 aliphatic heterocycles. The molecule has 1 aromatic heterocycles. The number of benzene rings is 2. The number of tetrazole rings is 1. The maximum atomic E-state index is 12.1. The van der Waals surface area contributed by atoms with Crippen molar-refractivity contribution < 1.29 is 9.53 Å². The molecule has 0 fully saturated rings. The van der Waals surface area contributed by atoms with E-state index in [1.54, 1.807) is 18.2 Å². The second-order valence-electron chi connectivity index (χ2n) is 5.13. The van der Waals surface area contributed by atoms with E-state index >= 15 is 0 Å². The highest BCUT2D eigenvalue weighted by atomic mass is 16.5. The van der Waals surface area contributed by atoms with Crippen molar-refractivity contribution in [2.75, 3.05) is 11.9 Å². The first-order chi connectivity index (χ1) is 12.2. The first kappa shape index (κ1) is 16.4. The van der Waals surface area contributed by atoms with Crippen LogP contribution in [0.3, 0.4) is 0 Å². The highest BCUT2D eigenvalue weighted by Gasteiger charge is 2.02. The third kappa shape index (κ3) is 4.51. The summed E-state index contributed by atoms with van der Waals surface area (Å²) in [4.78, 5) is 12.1. The Morgan fingerprint density at radius 1 is 1.24 bits per heavy atom. The molecule has 0 bridgehead atoms. The van der Waals surface area contributed by atoms with Crippen molar-refractivity contribution in [1.29, 1.82) is 0 Å². The number of nitrogens with zero attached hydrogens (tertiary/aromatic N) is 4. The maximum Gasteiger partial charge on any atom is 0.248 e. The molecule has 0 spiro atoms. The highest BCUT2D eigenvalue weighted by Crippen LogP contribution is 2.15. The first-order valence-corrected chi connectivity index (χ1v) is 7.80. The summed E-state index contributed by atoms with van der Waals surface area (Å²) in [6.45, 7) is 2.56. The van der Waals surface area contributed by atoms with E-state index in [1.165, 1.54) is 17.1 Å². The van der Waals surface area contributed by atoms with Crippen LogP contribution in [0.25, 0.3) is 11.8 Å². The monoisotopic (exact) mass is 335 g/mol. The van der Waals surface area contributed by atoms with Gasteiger partial charge in [0.1, 0.15) is 12.1 Å². The molecule has 126 valence electrons. The fourth-order valence-corrected chi connectivity index (χ4v) is 2.20. The average molecular weight is 335 g/mol. The lowest BCUT2D eigenvalue weighted by molar-refractivity contribution is -0.111. The molecule has 1 amide bonds. The molecule has 7 heteroatoms.